The number of anilines is 1. The molecule has 1 atom stereocenters. The van der Waals surface area contributed by atoms with E-state index in [0.29, 0.717) is 36.9 Å². The lowest BCUT2D eigenvalue weighted by Crippen LogP contribution is -2.40. The molecule has 0 bridgehead atoms. The van der Waals surface area contributed by atoms with E-state index >= 15 is 0 Å². The number of morpholine rings is 1. The highest BCUT2D eigenvalue weighted by molar-refractivity contribution is 7.16. The van der Waals surface area contributed by atoms with Crippen LogP contribution in [0.25, 0.3) is 0 Å². The number of amides is 1. The normalized spacial score (nSPS) is 16.1. The predicted molar refractivity (Wildman–Crippen MR) is 106 cm³/mol. The van der Waals surface area contributed by atoms with Crippen molar-refractivity contribution in [3.05, 3.63) is 76.3 Å². The molecule has 4 rings (SSSR count). The molecular formula is C21H21FN2O3S. The average Bonchev–Trinajstić information content (AvgIpc) is 3.35. The van der Waals surface area contributed by atoms with Crippen LogP contribution in [0, 0.1) is 12.7 Å². The van der Waals surface area contributed by atoms with E-state index in [4.69, 9.17) is 9.15 Å². The van der Waals surface area contributed by atoms with Crippen LogP contribution in [-0.2, 0) is 4.74 Å². The molecule has 2 aromatic heterocycles. The summed E-state index contributed by atoms with van der Waals surface area (Å²) >= 11 is 1.48. The molecule has 5 nitrogen and oxygen atoms in total. The first-order valence-electron chi connectivity index (χ1n) is 9.15. The van der Waals surface area contributed by atoms with Gasteiger partial charge in [0.2, 0.25) is 0 Å². The molecule has 1 aliphatic rings. The highest BCUT2D eigenvalue weighted by Crippen LogP contribution is 2.40. The van der Waals surface area contributed by atoms with Gasteiger partial charge in [0.15, 0.2) is 5.76 Å². The molecule has 1 N–H and O–H groups in total. The quantitative estimate of drug-likeness (QED) is 0.687. The topological polar surface area (TPSA) is 54.7 Å². The molecule has 1 amide bonds. The lowest BCUT2D eigenvalue weighted by molar-refractivity contribution is 0.0235. The van der Waals surface area contributed by atoms with Crippen molar-refractivity contribution in [2.45, 2.75) is 13.0 Å². The molecule has 0 radical (unpaired) electrons. The Balaban J connectivity index is 1.74. The number of hydrogen-bond acceptors (Lipinski definition) is 5. The number of benzene rings is 1. The molecule has 1 aliphatic heterocycles. The number of hydrogen-bond donors (Lipinski definition) is 1. The monoisotopic (exact) mass is 400 g/mol. The van der Waals surface area contributed by atoms with E-state index in [-0.39, 0.29) is 23.5 Å². The van der Waals surface area contributed by atoms with Gasteiger partial charge in [-0.1, -0.05) is 18.2 Å². The summed E-state index contributed by atoms with van der Waals surface area (Å²) in [5.41, 5.74) is 1.48. The maximum Gasteiger partial charge on any atom is 0.291 e. The summed E-state index contributed by atoms with van der Waals surface area (Å²) in [5, 5.41) is 3.66. The zero-order chi connectivity index (χ0) is 19.5. The summed E-state index contributed by atoms with van der Waals surface area (Å²) < 4.78 is 25.4. The van der Waals surface area contributed by atoms with Gasteiger partial charge in [-0.05, 0) is 31.2 Å². The van der Waals surface area contributed by atoms with Gasteiger partial charge in [0.25, 0.3) is 5.91 Å². The lowest BCUT2D eigenvalue weighted by Gasteiger charge is -2.35. The summed E-state index contributed by atoms with van der Waals surface area (Å²) in [6, 6.07) is 11.8. The Kier molecular flexibility index (Phi) is 5.57. The van der Waals surface area contributed by atoms with Crippen molar-refractivity contribution in [3.63, 3.8) is 0 Å². The van der Waals surface area contributed by atoms with Crippen molar-refractivity contribution >= 4 is 22.2 Å². The lowest BCUT2D eigenvalue weighted by atomic mass is 9.97. The smallest absolute Gasteiger partial charge is 0.291 e. The molecule has 1 saturated heterocycles. The molecule has 3 heterocycles. The fraction of sp³-hybridized carbons (Fsp3) is 0.286. The van der Waals surface area contributed by atoms with Crippen LogP contribution >= 0.6 is 11.3 Å². The number of carbonyl (C=O) groups excluding carboxylic acids is 1. The maximum atomic E-state index is 14.7. The number of halogens is 1. The number of thiophene rings is 1. The Bertz CT molecular complexity index is 948. The Morgan fingerprint density at radius 2 is 1.96 bits per heavy atom. The average molecular weight is 400 g/mol. The van der Waals surface area contributed by atoms with Gasteiger partial charge < -0.3 is 14.5 Å². The van der Waals surface area contributed by atoms with E-state index in [9.17, 15) is 9.18 Å². The Labute approximate surface area is 166 Å². The number of nitrogens with zero attached hydrogens (tertiary/aromatic N) is 1. The summed E-state index contributed by atoms with van der Waals surface area (Å²) in [6.45, 7) is 4.57. The molecular weight excluding hydrogens is 379 g/mol. The number of carbonyl (C=O) groups is 1. The second-order valence-electron chi connectivity index (χ2n) is 6.65. The van der Waals surface area contributed by atoms with Gasteiger partial charge in [0.1, 0.15) is 10.8 Å². The Morgan fingerprint density at radius 3 is 2.68 bits per heavy atom. The minimum atomic E-state index is -0.317. The van der Waals surface area contributed by atoms with Crippen LogP contribution in [0.5, 0.6) is 0 Å². The van der Waals surface area contributed by atoms with Crippen LogP contribution in [0.2, 0.25) is 0 Å². The van der Waals surface area contributed by atoms with Crippen molar-refractivity contribution in [1.29, 1.82) is 0 Å². The van der Waals surface area contributed by atoms with Crippen molar-refractivity contribution in [2.24, 2.45) is 0 Å². The number of rotatable bonds is 5. The molecule has 0 spiro atoms. The third-order valence-corrected chi connectivity index (χ3v) is 5.74. The molecule has 0 saturated carbocycles. The van der Waals surface area contributed by atoms with Crippen molar-refractivity contribution < 1.29 is 18.3 Å². The van der Waals surface area contributed by atoms with E-state index in [1.807, 2.05) is 19.1 Å². The van der Waals surface area contributed by atoms with Gasteiger partial charge in [-0.15, -0.1) is 11.3 Å². The second-order valence-corrected chi connectivity index (χ2v) is 7.90. The number of ether oxygens (including phenoxy) is 1. The maximum absolute atomic E-state index is 14.7. The molecule has 28 heavy (non-hydrogen) atoms. The first-order chi connectivity index (χ1) is 13.6. The van der Waals surface area contributed by atoms with E-state index in [2.05, 4.69) is 10.2 Å². The predicted octanol–water partition coefficient (Wildman–Crippen LogP) is 4.46. The summed E-state index contributed by atoms with van der Waals surface area (Å²) in [5.74, 6) is -0.334. The highest BCUT2D eigenvalue weighted by atomic mass is 32.1. The third kappa shape index (κ3) is 3.87. The fourth-order valence-electron chi connectivity index (χ4n) is 3.50. The molecule has 1 fully saturated rings. The van der Waals surface area contributed by atoms with Crippen molar-refractivity contribution in [1.82, 2.24) is 4.90 Å². The van der Waals surface area contributed by atoms with Crippen LogP contribution in [0.4, 0.5) is 9.39 Å². The number of aryl methyl sites for hydroxylation is 1. The van der Waals surface area contributed by atoms with Gasteiger partial charge in [-0.25, -0.2) is 4.39 Å². The van der Waals surface area contributed by atoms with Crippen LogP contribution in [0.3, 0.4) is 0 Å². The third-order valence-electron chi connectivity index (χ3n) is 4.76. The van der Waals surface area contributed by atoms with E-state index in [1.54, 1.807) is 24.3 Å². The Morgan fingerprint density at radius 1 is 1.18 bits per heavy atom. The largest absolute Gasteiger partial charge is 0.459 e. The second kappa shape index (κ2) is 8.26. The minimum Gasteiger partial charge on any atom is -0.459 e. The first-order valence-corrected chi connectivity index (χ1v) is 9.96. The van der Waals surface area contributed by atoms with Gasteiger partial charge in [0.05, 0.1) is 25.5 Å². The van der Waals surface area contributed by atoms with Gasteiger partial charge in [-0.2, -0.15) is 0 Å². The molecule has 1 aromatic carbocycles. The highest BCUT2D eigenvalue weighted by Gasteiger charge is 2.30. The summed E-state index contributed by atoms with van der Waals surface area (Å²) in [6.07, 6.45) is 1.46. The molecule has 146 valence electrons. The molecule has 1 unspecified atom stereocenters. The van der Waals surface area contributed by atoms with E-state index < -0.39 is 0 Å². The van der Waals surface area contributed by atoms with Crippen LogP contribution in [-0.4, -0.2) is 37.1 Å². The van der Waals surface area contributed by atoms with Gasteiger partial charge >= 0.3 is 0 Å². The number of nitrogens with one attached hydrogen (secondary N) is 1. The van der Waals surface area contributed by atoms with Gasteiger partial charge in [-0.3, -0.25) is 9.69 Å². The summed E-state index contributed by atoms with van der Waals surface area (Å²) in [7, 11) is 0. The molecule has 3 aromatic rings. The standard InChI is InChI=1S/C21H21FN2O3S/c1-14-13-16(21(28-14)23-20(25)18-7-4-10-27-18)19(24-8-11-26-12-9-24)15-5-2-3-6-17(15)22/h2-7,10,13,19H,8-9,11-12H2,1H3,(H,23,25). The number of furan rings is 1. The molecule has 7 heteroatoms. The van der Waals surface area contributed by atoms with Crippen LogP contribution in [0.15, 0.2) is 53.1 Å². The van der Waals surface area contributed by atoms with E-state index in [0.717, 1.165) is 10.4 Å². The van der Waals surface area contributed by atoms with Crippen molar-refractivity contribution in [2.75, 3.05) is 31.6 Å². The van der Waals surface area contributed by atoms with Crippen LogP contribution in [0.1, 0.15) is 32.6 Å². The van der Waals surface area contributed by atoms with Crippen molar-refractivity contribution in [3.8, 4) is 0 Å². The van der Waals surface area contributed by atoms with Crippen LogP contribution < -0.4 is 5.32 Å². The molecule has 0 aliphatic carbocycles. The van der Waals surface area contributed by atoms with Gasteiger partial charge in [0, 0.05) is 29.1 Å². The fourth-order valence-corrected chi connectivity index (χ4v) is 4.44. The zero-order valence-electron chi connectivity index (χ0n) is 15.5. The Hall–Kier alpha value is -2.48. The summed E-state index contributed by atoms with van der Waals surface area (Å²) in [4.78, 5) is 15.8. The first kappa shape index (κ1) is 18.9. The minimum absolute atomic E-state index is 0.241. The zero-order valence-corrected chi connectivity index (χ0v) is 16.3. The van der Waals surface area contributed by atoms with E-state index in [1.165, 1.54) is 23.7 Å². The SMILES string of the molecule is Cc1cc(C(c2ccccc2F)N2CCOCC2)c(NC(=O)c2ccco2)s1.